The summed E-state index contributed by atoms with van der Waals surface area (Å²) in [6.45, 7) is 7.55. The number of likely N-dealkylation sites (N-methyl/N-ethyl adjacent to an activating group) is 1. The zero-order valence-electron chi connectivity index (χ0n) is 19.6. The number of carbonyl (C=O) groups is 3. The molecule has 0 N–H and O–H groups in total. The molecule has 3 amide bonds. The number of amides is 3. The van der Waals surface area contributed by atoms with Gasteiger partial charge in [-0.15, -0.1) is 0 Å². The SMILES string of the molecule is CC(C)C(=O)N1CCC2(CC1)OCC(C(=O)N1CCN(C)CC1)N2C(=O)c1ccc(F)cc1. The van der Waals surface area contributed by atoms with Gasteiger partial charge in [0.05, 0.1) is 6.61 Å². The molecule has 3 fully saturated rings. The maximum absolute atomic E-state index is 13.7. The van der Waals surface area contributed by atoms with E-state index in [9.17, 15) is 18.8 Å². The minimum absolute atomic E-state index is 0.0734. The fraction of sp³-hybridized carbons (Fsp3) is 0.625. The van der Waals surface area contributed by atoms with Gasteiger partial charge < -0.3 is 19.4 Å². The molecular weight excluding hydrogens is 427 g/mol. The molecule has 3 aliphatic rings. The third-order valence-corrected chi connectivity index (χ3v) is 7.02. The summed E-state index contributed by atoms with van der Waals surface area (Å²) in [5, 5.41) is 0. The fourth-order valence-corrected chi connectivity index (χ4v) is 4.97. The van der Waals surface area contributed by atoms with Crippen LogP contribution in [0.4, 0.5) is 4.39 Å². The van der Waals surface area contributed by atoms with Crippen molar-refractivity contribution >= 4 is 17.7 Å². The van der Waals surface area contributed by atoms with E-state index in [-0.39, 0.29) is 30.2 Å². The topological polar surface area (TPSA) is 73.4 Å². The van der Waals surface area contributed by atoms with Crippen molar-refractivity contribution < 1.29 is 23.5 Å². The first-order valence-corrected chi connectivity index (χ1v) is 11.7. The number of ether oxygens (including phenoxy) is 1. The maximum atomic E-state index is 13.7. The van der Waals surface area contributed by atoms with Gasteiger partial charge in [-0.3, -0.25) is 19.3 Å². The Kier molecular flexibility index (Phi) is 6.72. The van der Waals surface area contributed by atoms with Crippen LogP contribution in [0.2, 0.25) is 0 Å². The minimum atomic E-state index is -0.952. The maximum Gasteiger partial charge on any atom is 0.256 e. The molecular formula is C24H33FN4O4. The number of rotatable bonds is 3. The Hall–Kier alpha value is -2.52. The van der Waals surface area contributed by atoms with Gasteiger partial charge in [-0.25, -0.2) is 4.39 Å². The molecule has 1 unspecified atom stereocenters. The van der Waals surface area contributed by atoms with E-state index in [2.05, 4.69) is 4.90 Å². The highest BCUT2D eigenvalue weighted by Gasteiger charge is 2.55. The van der Waals surface area contributed by atoms with Gasteiger partial charge in [0.2, 0.25) is 11.8 Å². The van der Waals surface area contributed by atoms with Crippen LogP contribution in [0.5, 0.6) is 0 Å². The smallest absolute Gasteiger partial charge is 0.256 e. The van der Waals surface area contributed by atoms with Crippen LogP contribution >= 0.6 is 0 Å². The molecule has 1 atom stereocenters. The van der Waals surface area contributed by atoms with E-state index in [0.29, 0.717) is 44.6 Å². The Morgan fingerprint density at radius 1 is 0.970 bits per heavy atom. The quantitative estimate of drug-likeness (QED) is 0.682. The molecule has 8 nitrogen and oxygen atoms in total. The zero-order chi connectivity index (χ0) is 23.8. The molecule has 4 rings (SSSR count). The van der Waals surface area contributed by atoms with E-state index in [1.54, 1.807) is 14.7 Å². The highest BCUT2D eigenvalue weighted by atomic mass is 19.1. The van der Waals surface area contributed by atoms with Crippen LogP contribution in [0.15, 0.2) is 24.3 Å². The van der Waals surface area contributed by atoms with Crippen LogP contribution in [-0.2, 0) is 14.3 Å². The van der Waals surface area contributed by atoms with E-state index in [1.807, 2.05) is 20.9 Å². The molecule has 1 spiro atoms. The van der Waals surface area contributed by atoms with Gasteiger partial charge in [-0.2, -0.15) is 0 Å². The van der Waals surface area contributed by atoms with Crippen LogP contribution < -0.4 is 0 Å². The van der Waals surface area contributed by atoms with Crippen molar-refractivity contribution in [1.82, 2.24) is 19.6 Å². The number of likely N-dealkylation sites (tertiary alicyclic amines) is 1. The molecule has 1 aromatic carbocycles. The Morgan fingerprint density at radius 2 is 1.58 bits per heavy atom. The van der Waals surface area contributed by atoms with Crippen molar-refractivity contribution in [2.24, 2.45) is 5.92 Å². The molecule has 3 heterocycles. The van der Waals surface area contributed by atoms with Crippen molar-refractivity contribution in [1.29, 1.82) is 0 Å². The molecule has 0 radical (unpaired) electrons. The molecule has 3 aliphatic heterocycles. The predicted octanol–water partition coefficient (Wildman–Crippen LogP) is 1.42. The number of carbonyl (C=O) groups excluding carboxylic acids is 3. The highest BCUT2D eigenvalue weighted by molar-refractivity contribution is 5.98. The fourth-order valence-electron chi connectivity index (χ4n) is 4.97. The van der Waals surface area contributed by atoms with Crippen LogP contribution in [-0.4, -0.2) is 102 Å². The average Bonchev–Trinajstić information content (AvgIpc) is 3.17. The molecule has 3 saturated heterocycles. The third kappa shape index (κ3) is 4.61. The summed E-state index contributed by atoms with van der Waals surface area (Å²) in [6, 6.07) is 4.64. The first-order chi connectivity index (χ1) is 15.7. The summed E-state index contributed by atoms with van der Waals surface area (Å²) in [5.74, 6) is -0.916. The Morgan fingerprint density at radius 3 is 2.15 bits per heavy atom. The first kappa shape index (κ1) is 23.6. The summed E-state index contributed by atoms with van der Waals surface area (Å²) < 4.78 is 19.7. The van der Waals surface area contributed by atoms with Crippen LogP contribution in [0, 0.1) is 11.7 Å². The van der Waals surface area contributed by atoms with Gasteiger partial charge in [0.25, 0.3) is 5.91 Å². The van der Waals surface area contributed by atoms with E-state index >= 15 is 0 Å². The van der Waals surface area contributed by atoms with Crippen molar-refractivity contribution in [2.75, 3.05) is 52.9 Å². The minimum Gasteiger partial charge on any atom is -0.353 e. The Balaban J connectivity index is 1.60. The van der Waals surface area contributed by atoms with Gasteiger partial charge in [0.15, 0.2) is 0 Å². The lowest BCUT2D eigenvalue weighted by molar-refractivity contribution is -0.147. The van der Waals surface area contributed by atoms with E-state index < -0.39 is 17.6 Å². The molecule has 1 aromatic rings. The highest BCUT2D eigenvalue weighted by Crippen LogP contribution is 2.39. The number of hydrogen-bond acceptors (Lipinski definition) is 5. The van der Waals surface area contributed by atoms with E-state index in [4.69, 9.17) is 4.74 Å². The van der Waals surface area contributed by atoms with Crippen molar-refractivity contribution in [2.45, 2.75) is 38.5 Å². The molecule has 33 heavy (non-hydrogen) atoms. The first-order valence-electron chi connectivity index (χ1n) is 11.7. The van der Waals surface area contributed by atoms with Gasteiger partial charge >= 0.3 is 0 Å². The summed E-state index contributed by atoms with van der Waals surface area (Å²) >= 11 is 0. The number of piperazine rings is 1. The third-order valence-electron chi connectivity index (χ3n) is 7.02. The zero-order valence-corrected chi connectivity index (χ0v) is 19.6. The summed E-state index contributed by atoms with van der Waals surface area (Å²) in [4.78, 5) is 47.0. The Labute approximate surface area is 194 Å². The largest absolute Gasteiger partial charge is 0.353 e. The van der Waals surface area contributed by atoms with Crippen LogP contribution in [0.25, 0.3) is 0 Å². The summed E-state index contributed by atoms with van der Waals surface area (Å²) in [5.41, 5.74) is -0.635. The second-order valence-corrected chi connectivity index (χ2v) is 9.56. The lowest BCUT2D eigenvalue weighted by Gasteiger charge is -2.45. The number of nitrogens with zero attached hydrogens (tertiary/aromatic N) is 4. The molecule has 0 aromatic heterocycles. The van der Waals surface area contributed by atoms with Gasteiger partial charge in [0.1, 0.15) is 17.6 Å². The van der Waals surface area contributed by atoms with Crippen molar-refractivity contribution in [3.63, 3.8) is 0 Å². The number of hydrogen-bond donors (Lipinski definition) is 0. The molecule has 0 aliphatic carbocycles. The molecule has 0 saturated carbocycles. The van der Waals surface area contributed by atoms with Gasteiger partial charge in [0, 0.05) is 63.6 Å². The molecule has 180 valence electrons. The van der Waals surface area contributed by atoms with Crippen LogP contribution in [0.3, 0.4) is 0 Å². The predicted molar refractivity (Wildman–Crippen MR) is 120 cm³/mol. The monoisotopic (exact) mass is 460 g/mol. The standard InChI is InChI=1S/C24H33FN4O4/c1-17(2)21(30)27-10-8-24(9-11-27)29(22(31)18-4-6-19(25)7-5-18)20(16-33-24)23(32)28-14-12-26(3)13-15-28/h4-7,17,20H,8-16H2,1-3H3. The summed E-state index contributed by atoms with van der Waals surface area (Å²) in [7, 11) is 2.02. The van der Waals surface area contributed by atoms with Crippen LogP contribution in [0.1, 0.15) is 37.0 Å². The Bertz CT molecular complexity index is 890. The molecule has 9 heteroatoms. The number of benzene rings is 1. The van der Waals surface area contributed by atoms with E-state index in [0.717, 1.165) is 13.1 Å². The number of piperidine rings is 1. The second-order valence-electron chi connectivity index (χ2n) is 9.56. The molecule has 0 bridgehead atoms. The lowest BCUT2D eigenvalue weighted by Crippen LogP contribution is -2.61. The van der Waals surface area contributed by atoms with E-state index in [1.165, 1.54) is 24.3 Å². The van der Waals surface area contributed by atoms with Crippen molar-refractivity contribution in [3.05, 3.63) is 35.6 Å². The number of halogens is 1. The van der Waals surface area contributed by atoms with Gasteiger partial charge in [-0.05, 0) is 31.3 Å². The normalized spacial score (nSPS) is 23.4. The average molecular weight is 461 g/mol. The van der Waals surface area contributed by atoms with Gasteiger partial charge in [-0.1, -0.05) is 13.8 Å². The van der Waals surface area contributed by atoms with Crippen molar-refractivity contribution in [3.8, 4) is 0 Å². The lowest BCUT2D eigenvalue weighted by atomic mass is 9.95. The second kappa shape index (κ2) is 9.38. The summed E-state index contributed by atoms with van der Waals surface area (Å²) in [6.07, 6.45) is 0.871.